The van der Waals surface area contributed by atoms with Crippen LogP contribution in [0.15, 0.2) is 24.3 Å². The lowest BCUT2D eigenvalue weighted by Gasteiger charge is -2.37. The zero-order chi connectivity index (χ0) is 18.9. The van der Waals surface area contributed by atoms with Gasteiger partial charge in [0.1, 0.15) is 0 Å². The standard InChI is InChI=1S/C22H31N3OS.ClH/c1-21(15-23)11-12-25(16-21)20(26)14-22(9-5-2-6-10-22)13-19-24-17-7-3-4-8-18(17)27-19;/h3-4,7-8H,2,5-6,9-16,23H2,1H3;1H. The second-order valence-corrected chi connectivity index (χ2v) is 10.2. The summed E-state index contributed by atoms with van der Waals surface area (Å²) in [4.78, 5) is 20.1. The van der Waals surface area contributed by atoms with Crippen LogP contribution in [0.1, 0.15) is 56.9 Å². The van der Waals surface area contributed by atoms with Crippen LogP contribution >= 0.6 is 23.7 Å². The molecule has 1 unspecified atom stereocenters. The molecular formula is C22H32ClN3OS. The van der Waals surface area contributed by atoms with Crippen molar-refractivity contribution in [2.24, 2.45) is 16.6 Å². The van der Waals surface area contributed by atoms with Crippen molar-refractivity contribution < 1.29 is 4.79 Å². The molecule has 4 rings (SSSR count). The summed E-state index contributed by atoms with van der Waals surface area (Å²) >= 11 is 1.80. The zero-order valence-corrected chi connectivity index (χ0v) is 18.4. The van der Waals surface area contributed by atoms with Crippen molar-refractivity contribution >= 4 is 39.9 Å². The Bertz CT molecular complexity index is 784. The van der Waals surface area contributed by atoms with Crippen LogP contribution in [-0.2, 0) is 11.2 Å². The fourth-order valence-electron chi connectivity index (χ4n) is 4.87. The lowest BCUT2D eigenvalue weighted by Crippen LogP contribution is -2.39. The lowest BCUT2D eigenvalue weighted by molar-refractivity contribution is -0.133. The van der Waals surface area contributed by atoms with E-state index in [0.29, 0.717) is 18.9 Å². The fraction of sp³-hybridized carbons (Fsp3) is 0.636. The van der Waals surface area contributed by atoms with E-state index in [9.17, 15) is 4.79 Å². The SMILES string of the molecule is CC1(CN)CCN(C(=O)CC2(Cc3nc4ccccc4s3)CCCCC2)C1.Cl. The van der Waals surface area contributed by atoms with E-state index in [1.807, 2.05) is 6.07 Å². The summed E-state index contributed by atoms with van der Waals surface area (Å²) in [5, 5.41) is 1.19. The molecule has 2 heterocycles. The number of thiazole rings is 1. The third-order valence-corrected chi connectivity index (χ3v) is 7.74. The second kappa shape index (κ2) is 8.68. The molecule has 1 atom stereocenters. The number of fused-ring (bicyclic) bond motifs is 1. The maximum Gasteiger partial charge on any atom is 0.223 e. The van der Waals surface area contributed by atoms with Gasteiger partial charge in [-0.15, -0.1) is 23.7 Å². The predicted molar refractivity (Wildman–Crippen MR) is 119 cm³/mol. The number of hydrogen-bond acceptors (Lipinski definition) is 4. The van der Waals surface area contributed by atoms with Crippen LogP contribution in [0.25, 0.3) is 10.2 Å². The van der Waals surface area contributed by atoms with E-state index in [-0.39, 0.29) is 23.2 Å². The summed E-state index contributed by atoms with van der Waals surface area (Å²) in [6, 6.07) is 8.36. The van der Waals surface area contributed by atoms with E-state index in [1.54, 1.807) is 11.3 Å². The van der Waals surface area contributed by atoms with Crippen molar-refractivity contribution in [2.75, 3.05) is 19.6 Å². The number of carbonyl (C=O) groups is 1. The monoisotopic (exact) mass is 421 g/mol. The topological polar surface area (TPSA) is 59.2 Å². The Morgan fingerprint density at radius 2 is 1.96 bits per heavy atom. The number of benzene rings is 1. The van der Waals surface area contributed by atoms with Gasteiger partial charge >= 0.3 is 0 Å². The van der Waals surface area contributed by atoms with Gasteiger partial charge in [-0.1, -0.05) is 38.3 Å². The highest BCUT2D eigenvalue weighted by Crippen LogP contribution is 2.44. The van der Waals surface area contributed by atoms with Gasteiger partial charge in [-0.3, -0.25) is 4.79 Å². The normalized spacial score (nSPS) is 24.3. The smallest absolute Gasteiger partial charge is 0.223 e. The number of nitrogens with zero attached hydrogens (tertiary/aromatic N) is 2. The van der Waals surface area contributed by atoms with Crippen LogP contribution in [0.2, 0.25) is 0 Å². The van der Waals surface area contributed by atoms with Crippen LogP contribution in [0.4, 0.5) is 0 Å². The van der Waals surface area contributed by atoms with E-state index >= 15 is 0 Å². The van der Waals surface area contributed by atoms with Gasteiger partial charge in [-0.25, -0.2) is 4.98 Å². The van der Waals surface area contributed by atoms with Crippen LogP contribution in [-0.4, -0.2) is 35.4 Å². The molecular weight excluding hydrogens is 390 g/mol. The number of rotatable bonds is 5. The molecule has 2 aliphatic rings. The summed E-state index contributed by atoms with van der Waals surface area (Å²) < 4.78 is 1.25. The quantitative estimate of drug-likeness (QED) is 0.754. The van der Waals surface area contributed by atoms with E-state index in [4.69, 9.17) is 10.7 Å². The minimum absolute atomic E-state index is 0. The molecule has 1 amide bonds. The van der Waals surface area contributed by atoms with Gasteiger partial charge in [0, 0.05) is 25.9 Å². The van der Waals surface area contributed by atoms with Crippen LogP contribution in [0, 0.1) is 10.8 Å². The first kappa shape index (κ1) is 21.5. The third kappa shape index (κ3) is 4.52. The van der Waals surface area contributed by atoms with Gasteiger partial charge < -0.3 is 10.6 Å². The molecule has 1 aliphatic heterocycles. The molecule has 28 heavy (non-hydrogen) atoms. The first-order chi connectivity index (χ1) is 13.0. The Labute approximate surface area is 178 Å². The molecule has 1 aliphatic carbocycles. The highest BCUT2D eigenvalue weighted by molar-refractivity contribution is 7.18. The Morgan fingerprint density at radius 1 is 1.21 bits per heavy atom. The van der Waals surface area contributed by atoms with Crippen molar-refractivity contribution in [2.45, 2.75) is 58.3 Å². The number of halogens is 1. The van der Waals surface area contributed by atoms with Crippen molar-refractivity contribution in [3.63, 3.8) is 0 Å². The van der Waals surface area contributed by atoms with Gasteiger partial charge in [-0.2, -0.15) is 0 Å². The van der Waals surface area contributed by atoms with E-state index in [2.05, 4.69) is 30.0 Å². The maximum atomic E-state index is 13.2. The first-order valence-corrected chi connectivity index (χ1v) is 11.1. The minimum Gasteiger partial charge on any atom is -0.342 e. The summed E-state index contributed by atoms with van der Waals surface area (Å²) in [5.41, 5.74) is 7.21. The van der Waals surface area contributed by atoms with Crippen molar-refractivity contribution in [3.8, 4) is 0 Å². The highest BCUT2D eigenvalue weighted by atomic mass is 35.5. The molecule has 2 fully saturated rings. The largest absolute Gasteiger partial charge is 0.342 e. The van der Waals surface area contributed by atoms with Crippen LogP contribution in [0.5, 0.6) is 0 Å². The van der Waals surface area contributed by atoms with Crippen LogP contribution in [0.3, 0.4) is 0 Å². The van der Waals surface area contributed by atoms with E-state index in [1.165, 1.54) is 29.0 Å². The average molecular weight is 422 g/mol. The third-order valence-electron chi connectivity index (χ3n) is 6.71. The molecule has 0 bridgehead atoms. The number of hydrogen-bond donors (Lipinski definition) is 1. The number of amides is 1. The number of carbonyl (C=O) groups excluding carboxylic acids is 1. The van der Waals surface area contributed by atoms with Gasteiger partial charge in [0.15, 0.2) is 0 Å². The number of para-hydroxylation sites is 1. The Hall–Kier alpha value is -1.17. The van der Waals surface area contributed by atoms with Gasteiger partial charge in [0.05, 0.1) is 15.2 Å². The Kier molecular flexibility index (Phi) is 6.68. The fourth-order valence-corrected chi connectivity index (χ4v) is 6.01. The molecule has 154 valence electrons. The predicted octanol–water partition coefficient (Wildman–Crippen LogP) is 4.80. The van der Waals surface area contributed by atoms with Crippen LogP contribution < -0.4 is 5.73 Å². The van der Waals surface area contributed by atoms with Crippen molar-refractivity contribution in [1.29, 1.82) is 0 Å². The maximum absolute atomic E-state index is 13.2. The number of nitrogens with two attached hydrogens (primary N) is 1. The summed E-state index contributed by atoms with van der Waals surface area (Å²) in [6.07, 6.45) is 8.71. The molecule has 0 spiro atoms. The van der Waals surface area contributed by atoms with Gasteiger partial charge in [0.25, 0.3) is 0 Å². The van der Waals surface area contributed by atoms with E-state index in [0.717, 1.165) is 44.3 Å². The lowest BCUT2D eigenvalue weighted by atomic mass is 9.69. The Morgan fingerprint density at radius 3 is 2.64 bits per heavy atom. The minimum atomic E-state index is 0. The summed E-state index contributed by atoms with van der Waals surface area (Å²) in [5.74, 6) is 0.329. The zero-order valence-electron chi connectivity index (χ0n) is 16.8. The second-order valence-electron chi connectivity index (χ2n) is 9.07. The van der Waals surface area contributed by atoms with Crippen molar-refractivity contribution in [1.82, 2.24) is 9.88 Å². The Balaban J connectivity index is 0.00000225. The van der Waals surface area contributed by atoms with Gasteiger partial charge in [0.2, 0.25) is 5.91 Å². The molecule has 6 heteroatoms. The summed E-state index contributed by atoms with van der Waals surface area (Å²) in [7, 11) is 0. The molecule has 1 saturated heterocycles. The molecule has 1 saturated carbocycles. The van der Waals surface area contributed by atoms with E-state index < -0.39 is 0 Å². The molecule has 0 radical (unpaired) electrons. The number of likely N-dealkylation sites (tertiary alicyclic amines) is 1. The molecule has 4 nitrogen and oxygen atoms in total. The summed E-state index contributed by atoms with van der Waals surface area (Å²) in [6.45, 7) is 4.55. The number of aromatic nitrogens is 1. The molecule has 2 N–H and O–H groups in total. The highest BCUT2D eigenvalue weighted by Gasteiger charge is 2.40. The van der Waals surface area contributed by atoms with Gasteiger partial charge in [-0.05, 0) is 48.8 Å². The molecule has 2 aromatic rings. The first-order valence-electron chi connectivity index (χ1n) is 10.3. The average Bonchev–Trinajstić information content (AvgIpc) is 3.26. The molecule has 1 aromatic heterocycles. The molecule has 1 aromatic carbocycles. The van der Waals surface area contributed by atoms with Crippen molar-refractivity contribution in [3.05, 3.63) is 29.3 Å².